The molecule has 1 fully saturated rings. The van der Waals surface area contributed by atoms with Crippen molar-refractivity contribution < 1.29 is 32.2 Å². The Balaban J connectivity index is 1.38. The number of piperidine rings is 1. The number of methoxy groups -OCH3 is 1. The van der Waals surface area contributed by atoms with Crippen LogP contribution in [0.15, 0.2) is 54.7 Å². The molecular weight excluding hydrogens is 524 g/mol. The molecule has 0 bridgehead atoms. The van der Waals surface area contributed by atoms with Gasteiger partial charge >= 0.3 is 12.1 Å². The topological polar surface area (TPSA) is 62.7 Å². The molecule has 1 unspecified atom stereocenters. The van der Waals surface area contributed by atoms with Crippen molar-refractivity contribution in [3.63, 3.8) is 0 Å². The lowest BCUT2D eigenvalue weighted by molar-refractivity contribution is -0.138. The largest absolute Gasteiger partial charge is 0.497 e. The van der Waals surface area contributed by atoms with Gasteiger partial charge in [-0.2, -0.15) is 13.2 Å². The van der Waals surface area contributed by atoms with Crippen molar-refractivity contribution in [3.05, 3.63) is 71.4 Å². The van der Waals surface area contributed by atoms with Crippen LogP contribution in [0, 0.1) is 23.7 Å². The summed E-state index contributed by atoms with van der Waals surface area (Å²) >= 11 is 0. The first-order chi connectivity index (χ1) is 19.1. The van der Waals surface area contributed by atoms with E-state index in [1.807, 2.05) is 6.07 Å². The smallest absolute Gasteiger partial charge is 0.416 e. The van der Waals surface area contributed by atoms with Crippen molar-refractivity contribution in [2.75, 3.05) is 26.7 Å². The summed E-state index contributed by atoms with van der Waals surface area (Å²) < 4.78 is 59.1. The summed E-state index contributed by atoms with van der Waals surface area (Å²) in [5.74, 6) is 5.98. The fourth-order valence-corrected chi connectivity index (χ4v) is 5.37. The van der Waals surface area contributed by atoms with E-state index in [0.29, 0.717) is 54.7 Å². The van der Waals surface area contributed by atoms with Crippen LogP contribution in [0.5, 0.6) is 5.75 Å². The summed E-state index contributed by atoms with van der Waals surface area (Å²) in [5.41, 5.74) is 1.06. The number of aliphatic carboxylic acids is 1. The Labute approximate surface area is 231 Å². The average molecular weight is 557 g/mol. The zero-order valence-corrected chi connectivity index (χ0v) is 22.3. The molecule has 0 saturated carbocycles. The Morgan fingerprint density at radius 1 is 1.15 bits per heavy atom. The Bertz CT molecular complexity index is 1360. The molecule has 1 saturated heterocycles. The number of fused-ring (bicyclic) bond motifs is 1. The number of hydrogen-bond acceptors (Lipinski definition) is 4. The van der Waals surface area contributed by atoms with Gasteiger partial charge in [-0.15, -0.1) is 0 Å². The van der Waals surface area contributed by atoms with Gasteiger partial charge in [-0.3, -0.25) is 14.7 Å². The first-order valence-corrected chi connectivity index (χ1v) is 13.3. The number of benzene rings is 2. The Hall–Kier alpha value is -3.64. The van der Waals surface area contributed by atoms with Gasteiger partial charge in [0.05, 0.1) is 24.7 Å². The lowest BCUT2D eigenvalue weighted by atomic mass is 9.79. The Morgan fingerprint density at radius 3 is 2.62 bits per heavy atom. The first-order valence-electron chi connectivity index (χ1n) is 13.3. The second-order valence-electron chi connectivity index (χ2n) is 10.2. The predicted molar refractivity (Wildman–Crippen MR) is 145 cm³/mol. The maximum atomic E-state index is 15.5. The highest BCUT2D eigenvalue weighted by Gasteiger charge is 2.31. The lowest BCUT2D eigenvalue weighted by Crippen LogP contribution is -2.41. The number of carboxylic acid groups (broad SMARTS) is 1. The quantitative estimate of drug-likeness (QED) is 0.229. The predicted octanol–water partition coefficient (Wildman–Crippen LogP) is 6.91. The number of alkyl halides is 4. The molecule has 4 rings (SSSR count). The highest BCUT2D eigenvalue weighted by Crippen LogP contribution is 2.36. The van der Waals surface area contributed by atoms with Gasteiger partial charge in [0.25, 0.3) is 0 Å². The van der Waals surface area contributed by atoms with Crippen LogP contribution in [0.1, 0.15) is 55.0 Å². The maximum Gasteiger partial charge on any atom is 0.416 e. The van der Waals surface area contributed by atoms with E-state index >= 15 is 4.39 Å². The monoisotopic (exact) mass is 556 g/mol. The zero-order valence-electron chi connectivity index (χ0n) is 22.3. The van der Waals surface area contributed by atoms with E-state index in [9.17, 15) is 23.1 Å². The van der Waals surface area contributed by atoms with E-state index in [1.165, 1.54) is 12.1 Å². The molecule has 1 aliphatic rings. The number of aromatic nitrogens is 1. The second-order valence-corrected chi connectivity index (χ2v) is 10.2. The minimum Gasteiger partial charge on any atom is -0.497 e. The van der Waals surface area contributed by atoms with Crippen LogP contribution in [0.4, 0.5) is 17.6 Å². The molecular formula is C31H32F4N2O3. The van der Waals surface area contributed by atoms with Gasteiger partial charge in [-0.1, -0.05) is 11.8 Å². The van der Waals surface area contributed by atoms with Crippen LogP contribution in [0.3, 0.4) is 0 Å². The van der Waals surface area contributed by atoms with Gasteiger partial charge in [-0.25, -0.2) is 4.39 Å². The Kier molecular flexibility index (Phi) is 9.64. The second kappa shape index (κ2) is 13.1. The molecule has 5 nitrogen and oxygen atoms in total. The van der Waals surface area contributed by atoms with Gasteiger partial charge in [0.2, 0.25) is 0 Å². The third kappa shape index (κ3) is 7.72. The zero-order chi connectivity index (χ0) is 28.7. The van der Waals surface area contributed by atoms with Crippen LogP contribution in [0.2, 0.25) is 0 Å². The van der Waals surface area contributed by atoms with Crippen molar-refractivity contribution in [2.24, 2.45) is 11.8 Å². The molecule has 2 heterocycles. The summed E-state index contributed by atoms with van der Waals surface area (Å²) in [5, 5.41) is 9.98. The molecule has 0 radical (unpaired) electrons. The number of nitrogens with zero attached hydrogens (tertiary/aromatic N) is 2. The normalized spacial score (nSPS) is 18.6. The van der Waals surface area contributed by atoms with E-state index in [4.69, 9.17) is 4.74 Å². The standard InChI is InChI=1S/C31H32F4N2O3/c1-40-25-10-12-29-27(19-25)26(14-16-36-29)28(32)11-6-22-15-18-37(20-23(22)7-13-30(38)39)17-2-3-21-4-8-24(9-5-21)31(33,34)35/h4-5,8-10,12,14,16,19,22-23,28H,6-7,11,13,15,17-18,20H2,1H3,(H,38,39)/t22-,23+,28?/m1/s1. The molecule has 2 aromatic carbocycles. The highest BCUT2D eigenvalue weighted by molar-refractivity contribution is 5.83. The van der Waals surface area contributed by atoms with Crippen molar-refractivity contribution >= 4 is 16.9 Å². The van der Waals surface area contributed by atoms with E-state index in [0.717, 1.165) is 30.5 Å². The molecule has 3 aromatic rings. The number of carboxylic acids is 1. The van der Waals surface area contributed by atoms with Crippen LogP contribution in [-0.2, 0) is 11.0 Å². The number of rotatable bonds is 9. The van der Waals surface area contributed by atoms with E-state index in [1.54, 1.807) is 31.5 Å². The fourth-order valence-electron chi connectivity index (χ4n) is 5.37. The third-order valence-corrected chi connectivity index (χ3v) is 7.56. The summed E-state index contributed by atoms with van der Waals surface area (Å²) in [4.78, 5) is 17.8. The maximum absolute atomic E-state index is 15.5. The molecule has 0 spiro atoms. The van der Waals surface area contributed by atoms with Gasteiger partial charge < -0.3 is 9.84 Å². The number of pyridine rings is 1. The molecule has 1 N–H and O–H groups in total. The number of carbonyl (C=O) groups is 1. The fraction of sp³-hybridized carbons (Fsp3) is 0.419. The van der Waals surface area contributed by atoms with Crippen LogP contribution in [0.25, 0.3) is 10.9 Å². The van der Waals surface area contributed by atoms with Crippen LogP contribution < -0.4 is 4.74 Å². The van der Waals surface area contributed by atoms with E-state index in [2.05, 4.69) is 21.7 Å². The molecule has 1 aromatic heterocycles. The lowest BCUT2D eigenvalue weighted by Gasteiger charge is -2.38. The molecule has 3 atom stereocenters. The van der Waals surface area contributed by atoms with E-state index < -0.39 is 23.9 Å². The van der Waals surface area contributed by atoms with Crippen LogP contribution in [-0.4, -0.2) is 47.7 Å². The van der Waals surface area contributed by atoms with Gasteiger partial charge in [0.1, 0.15) is 11.9 Å². The molecule has 9 heteroatoms. The SMILES string of the molecule is COc1ccc2nccc(C(F)CC[C@@H]3CCN(CC#Cc4ccc(C(F)(F)F)cc4)C[C@@H]3CCC(=O)O)c2c1. The number of likely N-dealkylation sites (tertiary alicyclic amines) is 1. The van der Waals surface area contributed by atoms with E-state index in [-0.39, 0.29) is 18.3 Å². The number of ether oxygens (including phenoxy) is 1. The molecule has 0 aliphatic carbocycles. The number of hydrogen-bond donors (Lipinski definition) is 1. The molecule has 1 aliphatic heterocycles. The van der Waals surface area contributed by atoms with Crippen LogP contribution >= 0.6 is 0 Å². The summed E-state index contributed by atoms with van der Waals surface area (Å²) in [6.07, 6.45) is -1.69. The van der Waals surface area contributed by atoms with Gasteiger partial charge in [0.15, 0.2) is 0 Å². The van der Waals surface area contributed by atoms with Crippen molar-refractivity contribution in [1.29, 1.82) is 0 Å². The summed E-state index contributed by atoms with van der Waals surface area (Å²) in [7, 11) is 1.56. The van der Waals surface area contributed by atoms with Gasteiger partial charge in [-0.05, 0) is 98.2 Å². The van der Waals surface area contributed by atoms with Gasteiger partial charge in [0, 0.05) is 30.1 Å². The average Bonchev–Trinajstić information content (AvgIpc) is 2.94. The minimum atomic E-state index is -4.39. The van der Waals surface area contributed by atoms with Crippen molar-refractivity contribution in [2.45, 2.75) is 44.5 Å². The Morgan fingerprint density at radius 2 is 1.93 bits per heavy atom. The number of halogens is 4. The summed E-state index contributed by atoms with van der Waals surface area (Å²) in [6.45, 7) is 1.81. The molecule has 0 amide bonds. The first kappa shape index (κ1) is 29.3. The minimum absolute atomic E-state index is 0.0417. The molecule has 40 heavy (non-hydrogen) atoms. The van der Waals surface area contributed by atoms with Crippen molar-refractivity contribution in [3.8, 4) is 17.6 Å². The summed E-state index contributed by atoms with van der Waals surface area (Å²) in [6, 6.07) is 11.8. The molecule has 212 valence electrons. The van der Waals surface area contributed by atoms with Crippen molar-refractivity contribution in [1.82, 2.24) is 9.88 Å². The highest BCUT2D eigenvalue weighted by atomic mass is 19.4. The third-order valence-electron chi connectivity index (χ3n) is 7.56.